The summed E-state index contributed by atoms with van der Waals surface area (Å²) >= 11 is 3.05. The number of sulfonamides is 1. The summed E-state index contributed by atoms with van der Waals surface area (Å²) in [6.07, 6.45) is 5.00. The van der Waals surface area contributed by atoms with Crippen LogP contribution < -0.4 is 4.72 Å². The maximum absolute atomic E-state index is 12.6. The standard InChI is InChI=1S/C13H20N2O3S3/c1-19-11-5-7-20-12(11)13(16)15-6-3-4-10(9-15)8-14-21(2,17)18/h5,7,10,14H,3-4,6,8-9H2,1-2H3/t10-/m1/s1. The van der Waals surface area contributed by atoms with Crippen molar-refractivity contribution in [3.05, 3.63) is 16.3 Å². The first kappa shape index (κ1) is 16.8. The second-order valence-corrected chi connectivity index (χ2v) is 8.80. The van der Waals surface area contributed by atoms with E-state index in [2.05, 4.69) is 4.72 Å². The largest absolute Gasteiger partial charge is 0.338 e. The smallest absolute Gasteiger partial charge is 0.265 e. The van der Waals surface area contributed by atoms with Crippen LogP contribution in [0.4, 0.5) is 0 Å². The van der Waals surface area contributed by atoms with Crippen molar-refractivity contribution >= 4 is 39.0 Å². The molecule has 1 N–H and O–H groups in total. The summed E-state index contributed by atoms with van der Waals surface area (Å²) in [5.41, 5.74) is 0. The van der Waals surface area contributed by atoms with Crippen molar-refractivity contribution in [2.75, 3.05) is 32.1 Å². The van der Waals surface area contributed by atoms with Crippen LogP contribution in [-0.4, -0.2) is 51.4 Å². The van der Waals surface area contributed by atoms with Crippen LogP contribution in [0, 0.1) is 5.92 Å². The first-order valence-corrected chi connectivity index (χ1v) is 10.8. The van der Waals surface area contributed by atoms with Crippen molar-refractivity contribution in [1.29, 1.82) is 0 Å². The highest BCUT2D eigenvalue weighted by Gasteiger charge is 2.26. The fraction of sp³-hybridized carbons (Fsp3) is 0.615. The number of thioether (sulfide) groups is 1. The highest BCUT2D eigenvalue weighted by molar-refractivity contribution is 7.98. The number of hydrogen-bond donors (Lipinski definition) is 1. The number of carbonyl (C=O) groups is 1. The van der Waals surface area contributed by atoms with Gasteiger partial charge in [-0.25, -0.2) is 13.1 Å². The zero-order valence-electron chi connectivity index (χ0n) is 12.2. The molecule has 1 atom stereocenters. The molecule has 0 spiro atoms. The fourth-order valence-corrected chi connectivity index (χ4v) is 4.69. The fourth-order valence-electron chi connectivity index (χ4n) is 2.44. The lowest BCUT2D eigenvalue weighted by Gasteiger charge is -2.32. The summed E-state index contributed by atoms with van der Waals surface area (Å²) in [5, 5.41) is 1.94. The van der Waals surface area contributed by atoms with Gasteiger partial charge in [0.05, 0.1) is 6.26 Å². The van der Waals surface area contributed by atoms with Gasteiger partial charge < -0.3 is 4.90 Å². The number of amides is 1. The molecular weight excluding hydrogens is 328 g/mol. The van der Waals surface area contributed by atoms with Gasteiger partial charge in [-0.1, -0.05) is 0 Å². The van der Waals surface area contributed by atoms with E-state index in [1.165, 1.54) is 11.3 Å². The molecule has 0 aliphatic carbocycles. The number of carbonyl (C=O) groups excluding carboxylic acids is 1. The average molecular weight is 349 g/mol. The molecule has 8 heteroatoms. The van der Waals surface area contributed by atoms with Crippen LogP contribution in [0.3, 0.4) is 0 Å². The SMILES string of the molecule is CSc1ccsc1C(=O)N1CCC[C@H](CNS(C)(=O)=O)C1. The van der Waals surface area contributed by atoms with Crippen molar-refractivity contribution in [2.24, 2.45) is 5.92 Å². The van der Waals surface area contributed by atoms with Gasteiger partial charge in [-0.3, -0.25) is 4.79 Å². The van der Waals surface area contributed by atoms with E-state index in [9.17, 15) is 13.2 Å². The van der Waals surface area contributed by atoms with Crippen molar-refractivity contribution in [3.8, 4) is 0 Å². The highest BCUT2D eigenvalue weighted by atomic mass is 32.2. The van der Waals surface area contributed by atoms with E-state index in [1.54, 1.807) is 11.8 Å². The van der Waals surface area contributed by atoms with Gasteiger partial charge >= 0.3 is 0 Å². The van der Waals surface area contributed by atoms with E-state index in [0.29, 0.717) is 13.1 Å². The molecule has 0 bridgehead atoms. The topological polar surface area (TPSA) is 66.5 Å². The number of nitrogens with one attached hydrogen (secondary N) is 1. The van der Waals surface area contributed by atoms with Crippen molar-refractivity contribution in [3.63, 3.8) is 0 Å². The van der Waals surface area contributed by atoms with Crippen molar-refractivity contribution in [2.45, 2.75) is 17.7 Å². The Morgan fingerprint density at radius 3 is 3.00 bits per heavy atom. The molecule has 5 nitrogen and oxygen atoms in total. The molecule has 1 saturated heterocycles. The zero-order valence-corrected chi connectivity index (χ0v) is 14.6. The molecule has 1 fully saturated rings. The molecule has 0 unspecified atom stereocenters. The van der Waals surface area contributed by atoms with E-state index in [0.717, 1.165) is 35.4 Å². The Balaban J connectivity index is 1.99. The Hall–Kier alpha value is -0.570. The van der Waals surface area contributed by atoms with Crippen LogP contribution in [0.2, 0.25) is 0 Å². The number of hydrogen-bond acceptors (Lipinski definition) is 5. The Morgan fingerprint density at radius 2 is 2.33 bits per heavy atom. The first-order chi connectivity index (χ1) is 9.90. The van der Waals surface area contributed by atoms with Crippen molar-refractivity contribution in [1.82, 2.24) is 9.62 Å². The molecule has 21 heavy (non-hydrogen) atoms. The highest BCUT2D eigenvalue weighted by Crippen LogP contribution is 2.28. The minimum atomic E-state index is -3.17. The van der Waals surface area contributed by atoms with E-state index >= 15 is 0 Å². The second kappa shape index (κ2) is 7.13. The lowest BCUT2D eigenvalue weighted by Crippen LogP contribution is -2.43. The molecule has 1 aromatic rings. The third-order valence-corrected chi connectivity index (χ3v) is 5.99. The number of nitrogens with zero attached hydrogens (tertiary/aromatic N) is 1. The quantitative estimate of drug-likeness (QED) is 0.825. The van der Waals surface area contributed by atoms with Crippen LogP contribution in [0.5, 0.6) is 0 Å². The van der Waals surface area contributed by atoms with Gasteiger partial charge in [0.25, 0.3) is 5.91 Å². The summed E-state index contributed by atoms with van der Waals surface area (Å²) in [5.74, 6) is 0.258. The van der Waals surface area contributed by atoms with Gasteiger partial charge in [0.1, 0.15) is 4.88 Å². The molecule has 2 heterocycles. The maximum atomic E-state index is 12.6. The van der Waals surface area contributed by atoms with Crippen LogP contribution in [0.1, 0.15) is 22.5 Å². The molecule has 1 amide bonds. The molecule has 0 aromatic carbocycles. The molecule has 1 aliphatic heterocycles. The zero-order chi connectivity index (χ0) is 15.5. The van der Waals surface area contributed by atoms with Gasteiger partial charge in [-0.2, -0.15) is 0 Å². The number of rotatable bonds is 5. The molecule has 1 aliphatic rings. The molecular formula is C13H20N2O3S3. The van der Waals surface area contributed by atoms with E-state index in [-0.39, 0.29) is 11.8 Å². The Bertz CT molecular complexity index is 598. The maximum Gasteiger partial charge on any atom is 0.265 e. The Kier molecular flexibility index (Phi) is 5.70. The third kappa shape index (κ3) is 4.70. The summed E-state index contributed by atoms with van der Waals surface area (Å²) in [6, 6.07) is 1.97. The van der Waals surface area contributed by atoms with Gasteiger partial charge in [0, 0.05) is 24.5 Å². The monoisotopic (exact) mass is 348 g/mol. The minimum absolute atomic E-state index is 0.0680. The Labute approximate surface area is 134 Å². The number of likely N-dealkylation sites (tertiary alicyclic amines) is 1. The lowest BCUT2D eigenvalue weighted by atomic mass is 9.98. The molecule has 0 radical (unpaired) electrons. The summed E-state index contributed by atoms with van der Waals surface area (Å²) < 4.78 is 24.9. The van der Waals surface area contributed by atoms with Crippen LogP contribution >= 0.6 is 23.1 Å². The lowest BCUT2D eigenvalue weighted by molar-refractivity contribution is 0.0678. The van der Waals surface area contributed by atoms with Crippen LogP contribution in [0.25, 0.3) is 0 Å². The van der Waals surface area contributed by atoms with E-state index in [4.69, 9.17) is 0 Å². The summed E-state index contributed by atoms with van der Waals surface area (Å²) in [4.78, 5) is 16.2. The van der Waals surface area contributed by atoms with Gasteiger partial charge in [-0.05, 0) is 36.5 Å². The van der Waals surface area contributed by atoms with Gasteiger partial charge in [0.2, 0.25) is 10.0 Å². The molecule has 2 rings (SSSR count). The average Bonchev–Trinajstić information content (AvgIpc) is 2.92. The third-order valence-electron chi connectivity index (χ3n) is 3.48. The molecule has 118 valence electrons. The normalized spacial score (nSPS) is 19.7. The van der Waals surface area contributed by atoms with E-state index in [1.807, 2.05) is 22.6 Å². The first-order valence-electron chi connectivity index (χ1n) is 6.76. The number of thiophene rings is 1. The predicted molar refractivity (Wildman–Crippen MR) is 87.6 cm³/mol. The number of piperidine rings is 1. The minimum Gasteiger partial charge on any atom is -0.338 e. The summed E-state index contributed by atoms with van der Waals surface area (Å²) in [6.45, 7) is 1.77. The summed E-state index contributed by atoms with van der Waals surface area (Å²) in [7, 11) is -3.17. The van der Waals surface area contributed by atoms with E-state index < -0.39 is 10.0 Å². The molecule has 1 aromatic heterocycles. The van der Waals surface area contributed by atoms with Gasteiger partial charge in [0.15, 0.2) is 0 Å². The van der Waals surface area contributed by atoms with Gasteiger partial charge in [-0.15, -0.1) is 23.1 Å². The second-order valence-electron chi connectivity index (χ2n) is 5.20. The van der Waals surface area contributed by atoms with Crippen LogP contribution in [-0.2, 0) is 10.0 Å². The molecule has 0 saturated carbocycles. The van der Waals surface area contributed by atoms with Crippen molar-refractivity contribution < 1.29 is 13.2 Å². The Morgan fingerprint density at radius 1 is 1.57 bits per heavy atom. The van der Waals surface area contributed by atoms with Crippen LogP contribution in [0.15, 0.2) is 16.3 Å². The predicted octanol–water partition coefficient (Wildman–Crippen LogP) is 1.87.